The number of amides is 2. The number of likely N-dealkylation sites (tertiary alicyclic amines) is 1. The molecule has 1 unspecified atom stereocenters. The monoisotopic (exact) mass is 241 g/mol. The number of nitrogens with zero attached hydrogens (tertiary/aromatic N) is 1. The van der Waals surface area contributed by atoms with Crippen molar-refractivity contribution in [3.63, 3.8) is 0 Å². The Labute approximate surface area is 101 Å². The van der Waals surface area contributed by atoms with E-state index >= 15 is 0 Å². The summed E-state index contributed by atoms with van der Waals surface area (Å²) < 4.78 is 5.14. The normalized spacial score (nSPS) is 21.9. The molecule has 1 atom stereocenters. The summed E-state index contributed by atoms with van der Waals surface area (Å²) in [6, 6.07) is -0.681. The molecule has 1 fully saturated rings. The molecule has 0 radical (unpaired) electrons. The lowest BCUT2D eigenvalue weighted by molar-refractivity contribution is -0.134. The standard InChI is InChI=1S/C12H19NO4/c1-12(2,3)17-11(16)13-9(8-14)6-4-5-7-10(13)15/h8-9H,4-7H2,1-3H3. The van der Waals surface area contributed by atoms with Gasteiger partial charge in [-0.2, -0.15) is 0 Å². The maximum atomic E-state index is 11.9. The van der Waals surface area contributed by atoms with Gasteiger partial charge in [-0.25, -0.2) is 9.69 Å². The zero-order valence-electron chi connectivity index (χ0n) is 10.6. The van der Waals surface area contributed by atoms with Crippen molar-refractivity contribution < 1.29 is 19.1 Å². The van der Waals surface area contributed by atoms with Crippen LogP contribution in [0.5, 0.6) is 0 Å². The summed E-state index contributed by atoms with van der Waals surface area (Å²) in [5, 5.41) is 0. The molecule has 5 heteroatoms. The molecule has 5 nitrogen and oxygen atoms in total. The number of carbonyl (C=O) groups excluding carboxylic acids is 3. The van der Waals surface area contributed by atoms with Crippen LogP contribution < -0.4 is 0 Å². The first kappa shape index (κ1) is 13.7. The van der Waals surface area contributed by atoms with E-state index in [0.717, 1.165) is 11.3 Å². The molecule has 0 aromatic rings. The minimum Gasteiger partial charge on any atom is -0.443 e. The first-order valence-electron chi connectivity index (χ1n) is 5.85. The summed E-state index contributed by atoms with van der Waals surface area (Å²) in [7, 11) is 0. The number of carbonyl (C=O) groups is 3. The van der Waals surface area contributed by atoms with Gasteiger partial charge in [-0.3, -0.25) is 4.79 Å². The van der Waals surface area contributed by atoms with E-state index < -0.39 is 17.7 Å². The van der Waals surface area contributed by atoms with Crippen LogP contribution in [0.4, 0.5) is 4.79 Å². The molecule has 0 aliphatic carbocycles. The van der Waals surface area contributed by atoms with Gasteiger partial charge in [0, 0.05) is 6.42 Å². The highest BCUT2D eigenvalue weighted by atomic mass is 16.6. The van der Waals surface area contributed by atoms with E-state index in [1.54, 1.807) is 20.8 Å². The van der Waals surface area contributed by atoms with Crippen LogP contribution in [-0.4, -0.2) is 34.8 Å². The van der Waals surface area contributed by atoms with E-state index in [4.69, 9.17) is 4.74 Å². The molecule has 0 bridgehead atoms. The fraction of sp³-hybridized carbons (Fsp3) is 0.750. The highest BCUT2D eigenvalue weighted by Crippen LogP contribution is 2.19. The van der Waals surface area contributed by atoms with Crippen LogP contribution in [0.2, 0.25) is 0 Å². The average Bonchev–Trinajstić information content (AvgIpc) is 2.36. The van der Waals surface area contributed by atoms with Gasteiger partial charge in [-0.15, -0.1) is 0 Å². The van der Waals surface area contributed by atoms with Gasteiger partial charge < -0.3 is 9.53 Å². The predicted molar refractivity (Wildman–Crippen MR) is 61.4 cm³/mol. The minimum absolute atomic E-state index is 0.295. The Kier molecular flexibility index (Phi) is 4.26. The summed E-state index contributed by atoms with van der Waals surface area (Å²) >= 11 is 0. The Morgan fingerprint density at radius 3 is 2.59 bits per heavy atom. The Bertz CT molecular complexity index is 319. The van der Waals surface area contributed by atoms with Gasteiger partial charge in [0.2, 0.25) is 5.91 Å². The lowest BCUT2D eigenvalue weighted by Crippen LogP contribution is -2.46. The zero-order valence-corrected chi connectivity index (χ0v) is 10.6. The van der Waals surface area contributed by atoms with E-state index in [1.165, 1.54) is 0 Å². The largest absolute Gasteiger partial charge is 0.443 e. The van der Waals surface area contributed by atoms with Gasteiger partial charge >= 0.3 is 6.09 Å². The number of hydrogen-bond acceptors (Lipinski definition) is 4. The Morgan fingerprint density at radius 1 is 1.41 bits per heavy atom. The average molecular weight is 241 g/mol. The van der Waals surface area contributed by atoms with E-state index in [0.29, 0.717) is 25.5 Å². The van der Waals surface area contributed by atoms with Crippen molar-refractivity contribution in [1.29, 1.82) is 0 Å². The lowest BCUT2D eigenvalue weighted by Gasteiger charge is -2.28. The maximum absolute atomic E-state index is 11.9. The number of ether oxygens (including phenoxy) is 1. The summed E-state index contributed by atoms with van der Waals surface area (Å²) in [4.78, 5) is 35.5. The Balaban J connectivity index is 2.84. The van der Waals surface area contributed by atoms with Gasteiger partial charge in [0.1, 0.15) is 11.9 Å². The third kappa shape index (κ3) is 3.84. The molecule has 1 rings (SSSR count). The van der Waals surface area contributed by atoms with E-state index in [2.05, 4.69) is 0 Å². The molecule has 17 heavy (non-hydrogen) atoms. The van der Waals surface area contributed by atoms with E-state index in [-0.39, 0.29) is 5.91 Å². The highest BCUT2D eigenvalue weighted by molar-refractivity contribution is 5.95. The molecule has 0 spiro atoms. The van der Waals surface area contributed by atoms with Gasteiger partial charge in [-0.1, -0.05) is 6.42 Å². The third-order valence-electron chi connectivity index (χ3n) is 2.49. The van der Waals surface area contributed by atoms with Crippen LogP contribution in [0.15, 0.2) is 0 Å². The van der Waals surface area contributed by atoms with Crippen LogP contribution >= 0.6 is 0 Å². The molecule has 1 aliphatic heterocycles. The lowest BCUT2D eigenvalue weighted by atomic mass is 10.1. The third-order valence-corrected chi connectivity index (χ3v) is 2.49. The second-order valence-corrected chi connectivity index (χ2v) is 5.19. The van der Waals surface area contributed by atoms with Gasteiger partial charge in [-0.05, 0) is 33.6 Å². The van der Waals surface area contributed by atoms with Crippen molar-refractivity contribution in [1.82, 2.24) is 4.90 Å². The molecule has 1 aliphatic rings. The zero-order chi connectivity index (χ0) is 13.1. The quantitative estimate of drug-likeness (QED) is 0.658. The molecular formula is C12H19NO4. The predicted octanol–water partition coefficient (Wildman–Crippen LogP) is 1.89. The number of hydrogen-bond donors (Lipinski definition) is 0. The van der Waals surface area contributed by atoms with Crippen LogP contribution in [-0.2, 0) is 14.3 Å². The topological polar surface area (TPSA) is 63.7 Å². The maximum Gasteiger partial charge on any atom is 0.417 e. The van der Waals surface area contributed by atoms with Crippen LogP contribution in [0.1, 0.15) is 46.5 Å². The second kappa shape index (κ2) is 5.29. The SMILES string of the molecule is CC(C)(C)OC(=O)N1C(=O)CCCCC1C=O. The van der Waals surface area contributed by atoms with E-state index in [1.807, 2.05) is 0 Å². The van der Waals surface area contributed by atoms with Crippen LogP contribution in [0, 0.1) is 0 Å². The molecule has 0 aromatic carbocycles. The van der Waals surface area contributed by atoms with Gasteiger partial charge in [0.05, 0.1) is 6.04 Å². The molecule has 0 N–H and O–H groups in total. The summed E-state index contributed by atoms with van der Waals surface area (Å²) in [6.07, 6.45) is 2.23. The van der Waals surface area contributed by atoms with Crippen molar-refractivity contribution >= 4 is 18.3 Å². The van der Waals surface area contributed by atoms with Crippen LogP contribution in [0.25, 0.3) is 0 Å². The van der Waals surface area contributed by atoms with Crippen molar-refractivity contribution in [2.45, 2.75) is 58.1 Å². The van der Waals surface area contributed by atoms with Crippen LogP contribution in [0.3, 0.4) is 0 Å². The van der Waals surface area contributed by atoms with Crippen molar-refractivity contribution in [3.8, 4) is 0 Å². The smallest absolute Gasteiger partial charge is 0.417 e. The first-order valence-corrected chi connectivity index (χ1v) is 5.85. The summed E-state index contributed by atoms with van der Waals surface area (Å²) in [5.41, 5.74) is -0.670. The molecule has 0 saturated carbocycles. The van der Waals surface area contributed by atoms with Gasteiger partial charge in [0.25, 0.3) is 0 Å². The Hall–Kier alpha value is -1.39. The fourth-order valence-electron chi connectivity index (χ4n) is 1.74. The fourth-order valence-corrected chi connectivity index (χ4v) is 1.74. The highest BCUT2D eigenvalue weighted by Gasteiger charge is 2.34. The minimum atomic E-state index is -0.721. The summed E-state index contributed by atoms with van der Waals surface area (Å²) in [5.74, 6) is -0.325. The second-order valence-electron chi connectivity index (χ2n) is 5.19. The molecular weight excluding hydrogens is 222 g/mol. The van der Waals surface area contributed by atoms with Gasteiger partial charge in [0.15, 0.2) is 0 Å². The Morgan fingerprint density at radius 2 is 2.06 bits per heavy atom. The molecule has 96 valence electrons. The van der Waals surface area contributed by atoms with Crippen molar-refractivity contribution in [3.05, 3.63) is 0 Å². The van der Waals surface area contributed by atoms with E-state index in [9.17, 15) is 14.4 Å². The number of imide groups is 1. The first-order chi connectivity index (χ1) is 7.85. The van der Waals surface area contributed by atoms with Crippen molar-refractivity contribution in [2.24, 2.45) is 0 Å². The molecule has 2 amide bonds. The molecule has 1 heterocycles. The number of aldehydes is 1. The summed E-state index contributed by atoms with van der Waals surface area (Å²) in [6.45, 7) is 5.18. The van der Waals surface area contributed by atoms with Crippen molar-refractivity contribution in [2.75, 3.05) is 0 Å². The molecule has 0 aromatic heterocycles. The number of rotatable bonds is 1. The molecule has 1 saturated heterocycles.